The van der Waals surface area contributed by atoms with Gasteiger partial charge in [0.25, 0.3) is 0 Å². The molecule has 0 aliphatic heterocycles. The third kappa shape index (κ3) is 11.3. The van der Waals surface area contributed by atoms with Gasteiger partial charge in [-0.25, -0.2) is 19.0 Å². The van der Waals surface area contributed by atoms with Crippen LogP contribution in [-0.2, 0) is 16.1 Å². The summed E-state index contributed by atoms with van der Waals surface area (Å²) in [5.41, 5.74) is 3.12. The number of alkyl halides is 6. The molecule has 0 saturated heterocycles. The molecule has 8 nitrogen and oxygen atoms in total. The van der Waals surface area contributed by atoms with Gasteiger partial charge >= 0.3 is 24.3 Å². The highest BCUT2D eigenvalue weighted by Gasteiger charge is 2.38. The SMILES string of the molecule is CC1(C)CCC(NCc2ccc(Oc3ccc4nc[nH]c4c3)c(F)c2)CC1.O=C(O)C(F)(F)F.O=C(O)C(F)(F)F. The number of halogens is 7. The van der Waals surface area contributed by atoms with Crippen LogP contribution in [0.3, 0.4) is 0 Å². The molecule has 0 radical (unpaired) electrons. The number of aromatic nitrogens is 2. The monoisotopic (exact) mass is 595 g/mol. The first kappa shape index (κ1) is 33.3. The lowest BCUT2D eigenvalue weighted by Crippen LogP contribution is -2.35. The van der Waals surface area contributed by atoms with Gasteiger partial charge in [0.05, 0.1) is 17.4 Å². The standard InChI is InChI=1S/C22H26FN3O.2C2HF3O2/c1-22(2)9-7-16(8-10-22)24-13-15-3-6-21(18(23)11-15)27-17-4-5-19-20(12-17)26-14-25-19;2*3-2(4,5)1(6)7/h3-6,11-12,14,16,24H,7-10,13H2,1-2H3,(H,25,26);2*(H,6,7). The van der Waals surface area contributed by atoms with E-state index in [1.807, 2.05) is 18.2 Å². The number of aliphatic carboxylic acids is 2. The lowest BCUT2D eigenvalue weighted by atomic mass is 9.75. The van der Waals surface area contributed by atoms with Crippen LogP contribution in [0.1, 0.15) is 45.1 Å². The molecular formula is C26H28F7N3O5. The zero-order chi connectivity index (χ0) is 31.0. The number of hydrogen-bond acceptors (Lipinski definition) is 5. The Labute approximate surface area is 229 Å². The molecule has 3 aromatic rings. The van der Waals surface area contributed by atoms with Crippen molar-refractivity contribution >= 4 is 23.0 Å². The van der Waals surface area contributed by atoms with Crippen molar-refractivity contribution in [3.05, 3.63) is 54.1 Å². The summed E-state index contributed by atoms with van der Waals surface area (Å²) in [6.45, 7) is 5.35. The molecule has 41 heavy (non-hydrogen) atoms. The molecule has 1 fully saturated rings. The van der Waals surface area contributed by atoms with Gasteiger partial charge in [-0.15, -0.1) is 0 Å². The van der Waals surface area contributed by atoms with E-state index in [-0.39, 0.29) is 11.6 Å². The molecule has 1 aliphatic carbocycles. The maximum absolute atomic E-state index is 14.5. The van der Waals surface area contributed by atoms with Crippen molar-refractivity contribution < 1.29 is 55.3 Å². The fraction of sp³-hybridized carbons (Fsp3) is 0.423. The molecule has 2 aromatic carbocycles. The summed E-state index contributed by atoms with van der Waals surface area (Å²) in [6, 6.07) is 11.2. The van der Waals surface area contributed by atoms with Crippen LogP contribution in [-0.4, -0.2) is 50.5 Å². The lowest BCUT2D eigenvalue weighted by Gasteiger charge is -2.34. The summed E-state index contributed by atoms with van der Waals surface area (Å²) in [4.78, 5) is 25.0. The van der Waals surface area contributed by atoms with Crippen LogP contribution in [0.15, 0.2) is 42.7 Å². The maximum atomic E-state index is 14.5. The molecule has 1 saturated carbocycles. The molecule has 15 heteroatoms. The summed E-state index contributed by atoms with van der Waals surface area (Å²) in [6.07, 6.45) is -3.68. The van der Waals surface area contributed by atoms with Gasteiger partial charge in [-0.2, -0.15) is 26.3 Å². The topological polar surface area (TPSA) is 125 Å². The van der Waals surface area contributed by atoms with E-state index < -0.39 is 24.3 Å². The number of carboxylic acid groups (broad SMARTS) is 2. The Hall–Kier alpha value is -3.88. The van der Waals surface area contributed by atoms with Gasteiger partial charge in [0, 0.05) is 18.7 Å². The predicted octanol–water partition coefficient (Wildman–Crippen LogP) is 6.82. The molecular weight excluding hydrogens is 567 g/mol. The molecule has 1 aromatic heterocycles. The number of hydrogen-bond donors (Lipinski definition) is 4. The number of aromatic amines is 1. The first-order chi connectivity index (χ1) is 18.9. The fourth-order valence-corrected chi connectivity index (χ4v) is 3.71. The summed E-state index contributed by atoms with van der Waals surface area (Å²) in [7, 11) is 0. The van der Waals surface area contributed by atoms with Gasteiger partial charge < -0.3 is 25.3 Å². The molecule has 0 atom stereocenters. The van der Waals surface area contributed by atoms with Crippen molar-refractivity contribution in [1.29, 1.82) is 0 Å². The number of benzene rings is 2. The van der Waals surface area contributed by atoms with Crippen molar-refractivity contribution in [2.75, 3.05) is 0 Å². The molecule has 1 heterocycles. The smallest absolute Gasteiger partial charge is 0.475 e. The Balaban J connectivity index is 0.000000349. The predicted molar refractivity (Wildman–Crippen MR) is 133 cm³/mol. The van der Waals surface area contributed by atoms with E-state index in [2.05, 4.69) is 29.1 Å². The van der Waals surface area contributed by atoms with E-state index in [9.17, 15) is 30.7 Å². The number of H-pyrrole nitrogens is 1. The van der Waals surface area contributed by atoms with Gasteiger partial charge in [0.2, 0.25) is 0 Å². The number of fused-ring (bicyclic) bond motifs is 1. The second-order valence-electron chi connectivity index (χ2n) is 9.87. The van der Waals surface area contributed by atoms with E-state index in [1.165, 1.54) is 25.7 Å². The number of rotatable bonds is 5. The maximum Gasteiger partial charge on any atom is 0.490 e. The minimum absolute atomic E-state index is 0.233. The number of nitrogens with zero attached hydrogens (tertiary/aromatic N) is 1. The van der Waals surface area contributed by atoms with Crippen molar-refractivity contribution in [3.63, 3.8) is 0 Å². The summed E-state index contributed by atoms with van der Waals surface area (Å²) < 4.78 is 83.7. The summed E-state index contributed by atoms with van der Waals surface area (Å²) in [5, 5.41) is 17.8. The van der Waals surface area contributed by atoms with Gasteiger partial charge in [-0.1, -0.05) is 19.9 Å². The van der Waals surface area contributed by atoms with Crippen LogP contribution in [0.5, 0.6) is 11.5 Å². The average Bonchev–Trinajstić information content (AvgIpc) is 3.32. The number of imidazole rings is 1. The number of ether oxygens (including phenoxy) is 1. The second kappa shape index (κ2) is 13.7. The number of carbonyl (C=O) groups is 2. The summed E-state index contributed by atoms with van der Waals surface area (Å²) >= 11 is 0. The highest BCUT2D eigenvalue weighted by Crippen LogP contribution is 2.35. The van der Waals surface area contributed by atoms with Crippen LogP contribution in [0.4, 0.5) is 30.7 Å². The summed E-state index contributed by atoms with van der Waals surface area (Å²) in [5.74, 6) is -5.04. The Bertz CT molecular complexity index is 1290. The molecule has 226 valence electrons. The quantitative estimate of drug-likeness (QED) is 0.239. The molecule has 0 bridgehead atoms. The minimum atomic E-state index is -5.08. The third-order valence-corrected chi connectivity index (χ3v) is 6.03. The van der Waals surface area contributed by atoms with E-state index in [1.54, 1.807) is 24.5 Å². The highest BCUT2D eigenvalue weighted by molar-refractivity contribution is 5.76. The normalized spacial score (nSPS) is 15.2. The first-order valence-corrected chi connectivity index (χ1v) is 12.1. The van der Waals surface area contributed by atoms with Crippen molar-refractivity contribution in [1.82, 2.24) is 15.3 Å². The van der Waals surface area contributed by atoms with E-state index in [0.29, 0.717) is 23.8 Å². The van der Waals surface area contributed by atoms with E-state index >= 15 is 0 Å². The Morgan fingerprint density at radius 3 is 2.07 bits per heavy atom. The van der Waals surface area contributed by atoms with Gasteiger partial charge in [0.15, 0.2) is 11.6 Å². The zero-order valence-corrected chi connectivity index (χ0v) is 21.9. The van der Waals surface area contributed by atoms with Crippen LogP contribution in [0, 0.1) is 11.2 Å². The van der Waals surface area contributed by atoms with Gasteiger partial charge in [-0.3, -0.25) is 0 Å². The molecule has 0 amide bonds. The average molecular weight is 596 g/mol. The zero-order valence-electron chi connectivity index (χ0n) is 21.9. The van der Waals surface area contributed by atoms with Gasteiger partial charge in [0.1, 0.15) is 5.75 Å². The number of nitrogens with one attached hydrogen (secondary N) is 2. The van der Waals surface area contributed by atoms with Gasteiger partial charge in [-0.05, 0) is 60.9 Å². The Morgan fingerprint density at radius 2 is 1.56 bits per heavy atom. The minimum Gasteiger partial charge on any atom is -0.475 e. The molecule has 0 unspecified atom stereocenters. The Morgan fingerprint density at radius 1 is 1.00 bits per heavy atom. The lowest BCUT2D eigenvalue weighted by molar-refractivity contribution is -0.193. The van der Waals surface area contributed by atoms with Crippen LogP contribution >= 0.6 is 0 Å². The molecule has 4 rings (SSSR count). The van der Waals surface area contributed by atoms with Crippen LogP contribution in [0.2, 0.25) is 0 Å². The molecule has 1 aliphatic rings. The second-order valence-corrected chi connectivity index (χ2v) is 9.87. The molecule has 4 N–H and O–H groups in total. The third-order valence-electron chi connectivity index (χ3n) is 6.03. The van der Waals surface area contributed by atoms with E-state index in [4.69, 9.17) is 24.5 Å². The Kier molecular flexibility index (Phi) is 11.1. The molecule has 0 spiro atoms. The van der Waals surface area contributed by atoms with Crippen molar-refractivity contribution in [3.8, 4) is 11.5 Å². The van der Waals surface area contributed by atoms with Crippen LogP contribution in [0.25, 0.3) is 11.0 Å². The fourth-order valence-electron chi connectivity index (χ4n) is 3.71. The number of carboxylic acids is 2. The largest absolute Gasteiger partial charge is 0.490 e. The van der Waals surface area contributed by atoms with Crippen molar-refractivity contribution in [2.24, 2.45) is 5.41 Å². The highest BCUT2D eigenvalue weighted by atomic mass is 19.4. The van der Waals surface area contributed by atoms with Crippen LogP contribution < -0.4 is 10.1 Å². The van der Waals surface area contributed by atoms with Crippen molar-refractivity contribution in [2.45, 2.75) is 64.5 Å². The van der Waals surface area contributed by atoms with E-state index in [0.717, 1.165) is 16.6 Å². The first-order valence-electron chi connectivity index (χ1n) is 12.1.